The second kappa shape index (κ2) is 13.1. The molecule has 0 amide bonds. The molecule has 0 aromatic carbocycles. The first-order chi connectivity index (χ1) is 15.4. The van der Waals surface area contributed by atoms with Crippen molar-refractivity contribution in [3.63, 3.8) is 0 Å². The summed E-state index contributed by atoms with van der Waals surface area (Å²) in [6.45, 7) is -3.13. The summed E-state index contributed by atoms with van der Waals surface area (Å²) in [7, 11) is 0. The van der Waals surface area contributed by atoms with Crippen molar-refractivity contribution in [2.45, 2.75) is 50.0 Å². The van der Waals surface area contributed by atoms with Crippen molar-refractivity contribution < 1.29 is 58.3 Å². The Morgan fingerprint density at radius 1 is 0.758 bits per heavy atom. The molecule has 1 saturated heterocycles. The molecule has 33 heavy (non-hydrogen) atoms. The number of carbonyl (C=O) groups excluding carboxylic acids is 3. The minimum Gasteiger partial charge on any atom is -0.463 e. The molecule has 5 atom stereocenters. The van der Waals surface area contributed by atoms with Gasteiger partial charge in [-0.25, -0.2) is 0 Å². The summed E-state index contributed by atoms with van der Waals surface area (Å²) in [6, 6.07) is 0. The highest BCUT2D eigenvalue weighted by Gasteiger charge is 2.49. The van der Waals surface area contributed by atoms with Crippen LogP contribution in [0.4, 0.5) is 0 Å². The van der Waals surface area contributed by atoms with Gasteiger partial charge in [0.2, 0.25) is 25.9 Å². The number of carbonyl (C=O) groups is 3. The number of nitrogens with zero attached hydrogens (tertiary/aromatic N) is 3. The molecule has 1 fully saturated rings. The summed E-state index contributed by atoms with van der Waals surface area (Å²) >= 11 is 0. The fraction of sp³-hybridized carbons (Fsp3) is 0.800. The van der Waals surface area contributed by atoms with Crippen LogP contribution in [0.2, 0.25) is 0 Å². The van der Waals surface area contributed by atoms with Gasteiger partial charge in [0.1, 0.15) is 44.2 Å². The van der Waals surface area contributed by atoms with E-state index in [-0.39, 0.29) is 0 Å². The third-order valence-electron chi connectivity index (χ3n) is 4.06. The van der Waals surface area contributed by atoms with Gasteiger partial charge in [0.05, 0.1) is 0 Å². The molecular formula is C15H21N3O15. The van der Waals surface area contributed by atoms with Crippen LogP contribution in [0, 0.1) is 30.3 Å². The fourth-order valence-electron chi connectivity index (χ4n) is 2.48. The number of aliphatic hydroxyl groups is 2. The Bertz CT molecular complexity index is 759. The van der Waals surface area contributed by atoms with Crippen LogP contribution in [0.3, 0.4) is 0 Å². The molecule has 0 aliphatic carbocycles. The van der Waals surface area contributed by atoms with E-state index < -0.39 is 109 Å². The Morgan fingerprint density at radius 2 is 1.21 bits per heavy atom. The van der Waals surface area contributed by atoms with Crippen molar-refractivity contribution in [2.24, 2.45) is 0 Å². The minimum absolute atomic E-state index is 0.627. The summed E-state index contributed by atoms with van der Waals surface area (Å²) in [5.74, 6) is -3.40. The normalized spacial score (nSPS) is 24.4. The van der Waals surface area contributed by atoms with Crippen LogP contribution >= 0.6 is 0 Å². The second-order valence-corrected chi connectivity index (χ2v) is 6.57. The predicted octanol–water partition coefficient (Wildman–Crippen LogP) is -2.57. The maximum atomic E-state index is 11.8. The third kappa shape index (κ3) is 10.1. The molecule has 0 unspecified atom stereocenters. The average molecular weight is 483 g/mol. The molecule has 0 aromatic rings. The lowest BCUT2D eigenvalue weighted by Crippen LogP contribution is -2.61. The zero-order chi connectivity index (χ0) is 25.1. The van der Waals surface area contributed by atoms with Gasteiger partial charge in [0, 0.05) is 14.8 Å². The van der Waals surface area contributed by atoms with Gasteiger partial charge in [-0.15, -0.1) is 0 Å². The smallest absolute Gasteiger partial charge is 0.314 e. The zero-order valence-electron chi connectivity index (χ0n) is 16.9. The average Bonchev–Trinajstić information content (AvgIpc) is 2.73. The Kier molecular flexibility index (Phi) is 11.0. The van der Waals surface area contributed by atoms with Crippen LogP contribution in [0.1, 0.15) is 19.3 Å². The van der Waals surface area contributed by atoms with Crippen LogP contribution in [-0.4, -0.2) is 99.8 Å². The highest BCUT2D eigenvalue weighted by atomic mass is 16.7. The van der Waals surface area contributed by atoms with E-state index in [4.69, 9.17) is 18.9 Å². The molecule has 1 aliphatic rings. The molecule has 18 heteroatoms. The SMILES string of the molecule is O=C(CC[N+](=O)[O-])OC[C@H]1O[C@@H](OC(=O)CC[N+](=O)[O-])[C@H](O)[C@@H](O)[C@@H]1OC(=O)CC[N+](=O)[O-]. The highest BCUT2D eigenvalue weighted by Crippen LogP contribution is 2.26. The van der Waals surface area contributed by atoms with Crippen molar-refractivity contribution in [3.05, 3.63) is 30.3 Å². The van der Waals surface area contributed by atoms with Crippen molar-refractivity contribution in [1.82, 2.24) is 0 Å². The van der Waals surface area contributed by atoms with E-state index in [0.717, 1.165) is 0 Å². The van der Waals surface area contributed by atoms with Gasteiger partial charge in [-0.05, 0) is 0 Å². The van der Waals surface area contributed by atoms with Crippen molar-refractivity contribution in [2.75, 3.05) is 26.2 Å². The summed E-state index contributed by atoms with van der Waals surface area (Å²) in [5, 5.41) is 51.5. The Labute approximate surface area is 183 Å². The van der Waals surface area contributed by atoms with Gasteiger partial charge >= 0.3 is 17.9 Å². The molecule has 18 nitrogen and oxygen atoms in total. The van der Waals surface area contributed by atoms with E-state index in [9.17, 15) is 54.9 Å². The van der Waals surface area contributed by atoms with Crippen LogP contribution in [0.15, 0.2) is 0 Å². The first-order valence-electron chi connectivity index (χ1n) is 9.32. The number of rotatable bonds is 13. The lowest BCUT2D eigenvalue weighted by molar-refractivity contribution is -0.479. The maximum absolute atomic E-state index is 11.8. The largest absolute Gasteiger partial charge is 0.463 e. The molecule has 0 saturated carbocycles. The number of aliphatic hydroxyl groups excluding tert-OH is 2. The summed E-state index contributed by atoms with van der Waals surface area (Å²) in [4.78, 5) is 63.8. The monoisotopic (exact) mass is 483 g/mol. The summed E-state index contributed by atoms with van der Waals surface area (Å²) in [6.07, 6.45) is -11.3. The van der Waals surface area contributed by atoms with Gasteiger partial charge in [0.25, 0.3) is 0 Å². The van der Waals surface area contributed by atoms with Crippen molar-refractivity contribution >= 4 is 17.9 Å². The first-order valence-corrected chi connectivity index (χ1v) is 9.32. The Balaban J connectivity index is 2.88. The zero-order valence-corrected chi connectivity index (χ0v) is 16.9. The molecule has 2 N–H and O–H groups in total. The van der Waals surface area contributed by atoms with E-state index >= 15 is 0 Å². The van der Waals surface area contributed by atoms with Gasteiger partial charge in [-0.1, -0.05) is 0 Å². The Hall–Kier alpha value is -3.51. The molecule has 186 valence electrons. The summed E-state index contributed by atoms with van der Waals surface area (Å²) in [5.41, 5.74) is 0. The van der Waals surface area contributed by atoms with E-state index in [0.29, 0.717) is 0 Å². The number of hydrogen-bond acceptors (Lipinski definition) is 15. The van der Waals surface area contributed by atoms with Gasteiger partial charge in [-0.2, -0.15) is 0 Å². The molecule has 0 radical (unpaired) electrons. The van der Waals surface area contributed by atoms with Crippen LogP contribution in [0.5, 0.6) is 0 Å². The minimum atomic E-state index is -2.01. The molecular weight excluding hydrogens is 462 g/mol. The number of ether oxygens (including phenoxy) is 4. The number of nitro groups is 3. The van der Waals surface area contributed by atoms with Crippen LogP contribution < -0.4 is 0 Å². The van der Waals surface area contributed by atoms with E-state index in [1.54, 1.807) is 0 Å². The quantitative estimate of drug-likeness (QED) is 0.118. The van der Waals surface area contributed by atoms with Crippen molar-refractivity contribution in [3.8, 4) is 0 Å². The molecule has 1 aliphatic heterocycles. The molecule has 0 bridgehead atoms. The maximum Gasteiger partial charge on any atom is 0.314 e. The third-order valence-corrected chi connectivity index (χ3v) is 4.06. The molecule has 1 rings (SSSR count). The molecule has 1 heterocycles. The topological polar surface area (TPSA) is 258 Å². The first kappa shape index (κ1) is 27.5. The molecule has 0 spiro atoms. The number of hydrogen-bond donors (Lipinski definition) is 2. The standard InChI is InChI=1S/C15H21N3O15/c19-9(1-4-16(24)25)30-7-8-14(32-10(20)2-5-17(26)27)12(22)13(23)15(31-8)33-11(21)3-6-18(28)29/h8,12-15,22-23H,1-7H2/t8-,12-,13-,14-,15+/m1/s1. The van der Waals surface area contributed by atoms with E-state index in [1.807, 2.05) is 0 Å². The van der Waals surface area contributed by atoms with Crippen LogP contribution in [0.25, 0.3) is 0 Å². The van der Waals surface area contributed by atoms with E-state index in [2.05, 4.69) is 0 Å². The Morgan fingerprint density at radius 3 is 1.70 bits per heavy atom. The highest BCUT2D eigenvalue weighted by molar-refractivity contribution is 5.70. The van der Waals surface area contributed by atoms with Gasteiger partial charge in [0.15, 0.2) is 6.10 Å². The van der Waals surface area contributed by atoms with Gasteiger partial charge < -0.3 is 29.2 Å². The molecule has 0 aromatic heterocycles. The number of esters is 3. The second-order valence-electron chi connectivity index (χ2n) is 6.57. The lowest BCUT2D eigenvalue weighted by Gasteiger charge is -2.41. The predicted molar refractivity (Wildman–Crippen MR) is 97.0 cm³/mol. The fourth-order valence-corrected chi connectivity index (χ4v) is 2.48. The summed E-state index contributed by atoms with van der Waals surface area (Å²) < 4.78 is 19.6. The van der Waals surface area contributed by atoms with E-state index in [1.165, 1.54) is 0 Å². The van der Waals surface area contributed by atoms with Crippen molar-refractivity contribution in [1.29, 1.82) is 0 Å². The lowest BCUT2D eigenvalue weighted by atomic mass is 9.99. The van der Waals surface area contributed by atoms with Crippen LogP contribution in [-0.2, 0) is 33.3 Å². The van der Waals surface area contributed by atoms with Gasteiger partial charge in [-0.3, -0.25) is 44.7 Å².